The molecule has 1 heterocycles. The van der Waals surface area contributed by atoms with Crippen molar-refractivity contribution in [3.63, 3.8) is 0 Å². The number of thioether (sulfide) groups is 1. The summed E-state index contributed by atoms with van der Waals surface area (Å²) in [5.41, 5.74) is 0.855. The minimum atomic E-state index is -3.73. The Morgan fingerprint density at radius 2 is 1.84 bits per heavy atom. The summed E-state index contributed by atoms with van der Waals surface area (Å²) in [6.07, 6.45) is 1.46. The van der Waals surface area contributed by atoms with Gasteiger partial charge in [0.05, 0.1) is 26.2 Å². The van der Waals surface area contributed by atoms with Crippen LogP contribution in [0.2, 0.25) is 0 Å². The van der Waals surface area contributed by atoms with Crippen molar-refractivity contribution in [3.8, 4) is 5.75 Å². The zero-order valence-corrected chi connectivity index (χ0v) is 23.7. The van der Waals surface area contributed by atoms with Gasteiger partial charge in [-0.1, -0.05) is 55.8 Å². The second-order valence-corrected chi connectivity index (χ2v) is 12.5. The van der Waals surface area contributed by atoms with E-state index in [0.29, 0.717) is 30.7 Å². The minimum absolute atomic E-state index is 0.0546. The third-order valence-corrected chi connectivity index (χ3v) is 9.36. The van der Waals surface area contributed by atoms with Gasteiger partial charge in [0.15, 0.2) is 9.84 Å². The van der Waals surface area contributed by atoms with Crippen molar-refractivity contribution in [1.82, 2.24) is 0 Å². The molecule has 0 aromatic heterocycles. The van der Waals surface area contributed by atoms with Crippen LogP contribution in [0.4, 0.5) is 11.4 Å². The number of carbonyl (C=O) groups excluding carboxylic acids is 2. The molecule has 9 nitrogen and oxygen atoms in total. The van der Waals surface area contributed by atoms with Gasteiger partial charge in [0.2, 0.25) is 5.75 Å². The fourth-order valence-electron chi connectivity index (χ4n) is 3.44. The minimum Gasteiger partial charge on any atom is -0.419 e. The molecule has 0 aliphatic carbocycles. The van der Waals surface area contributed by atoms with Crippen LogP contribution in [0.25, 0.3) is 6.08 Å². The number of hydrogen-bond acceptors (Lipinski definition) is 8. The number of hydrogen-bond donors (Lipinski definition) is 1. The summed E-state index contributed by atoms with van der Waals surface area (Å²) in [6.45, 7) is 1.14. The highest BCUT2D eigenvalue weighted by molar-refractivity contribution is 9.11. The summed E-state index contributed by atoms with van der Waals surface area (Å²) in [6, 6.07) is 13.7. The Bertz CT molecular complexity index is 1580. The highest BCUT2D eigenvalue weighted by Gasteiger charge is 2.26. The molecule has 0 bridgehead atoms. The van der Waals surface area contributed by atoms with Gasteiger partial charge in [-0.3, -0.25) is 19.7 Å². The zero-order chi connectivity index (χ0) is 26.9. The summed E-state index contributed by atoms with van der Waals surface area (Å²) >= 11 is 7.86. The van der Waals surface area contributed by atoms with Crippen molar-refractivity contribution in [3.05, 3.63) is 89.7 Å². The monoisotopic (exact) mass is 666 g/mol. The van der Waals surface area contributed by atoms with E-state index >= 15 is 0 Å². The molecule has 3 aromatic rings. The van der Waals surface area contributed by atoms with Crippen LogP contribution in [0.3, 0.4) is 0 Å². The summed E-state index contributed by atoms with van der Waals surface area (Å²) in [7, 11) is -3.73. The summed E-state index contributed by atoms with van der Waals surface area (Å²) in [5, 5.41) is 14.1. The molecule has 0 saturated carbocycles. The van der Waals surface area contributed by atoms with Crippen LogP contribution in [0.1, 0.15) is 18.1 Å². The molecule has 1 aliphatic rings. The highest BCUT2D eigenvalue weighted by atomic mass is 79.9. The SMILES string of the molecule is CC(=O)Oc1ccc(/C=C2\Sc3ccc(S(=O)(=O)Cc4c(Br)cccc4Br)cc3NC2=O)cc1[N+](=O)[O-]. The number of nitro groups is 1. The number of carbonyl (C=O) groups is 2. The quantitative estimate of drug-likeness (QED) is 0.110. The third kappa shape index (κ3) is 6.12. The Labute approximate surface area is 232 Å². The van der Waals surface area contributed by atoms with E-state index < -0.39 is 32.3 Å². The van der Waals surface area contributed by atoms with E-state index in [1.807, 2.05) is 0 Å². The molecule has 0 atom stereocenters. The lowest BCUT2D eigenvalue weighted by Gasteiger charge is -2.19. The fraction of sp³-hybridized carbons (Fsp3) is 0.0833. The Morgan fingerprint density at radius 1 is 1.14 bits per heavy atom. The lowest BCUT2D eigenvalue weighted by atomic mass is 10.1. The summed E-state index contributed by atoms with van der Waals surface area (Å²) in [5.74, 6) is -1.64. The zero-order valence-electron chi connectivity index (χ0n) is 18.9. The van der Waals surface area contributed by atoms with Crippen molar-refractivity contribution >= 4 is 82.8 Å². The van der Waals surface area contributed by atoms with Crippen LogP contribution in [0.15, 0.2) is 78.2 Å². The van der Waals surface area contributed by atoms with E-state index in [0.717, 1.165) is 18.7 Å². The topological polar surface area (TPSA) is 133 Å². The molecule has 13 heteroatoms. The van der Waals surface area contributed by atoms with Gasteiger partial charge in [-0.15, -0.1) is 0 Å². The molecular weight excluding hydrogens is 652 g/mol. The molecule has 3 aromatic carbocycles. The lowest BCUT2D eigenvalue weighted by molar-refractivity contribution is -0.385. The van der Waals surface area contributed by atoms with Gasteiger partial charge < -0.3 is 10.1 Å². The molecule has 0 radical (unpaired) electrons. The van der Waals surface area contributed by atoms with Crippen molar-refractivity contribution in [2.45, 2.75) is 22.5 Å². The maximum Gasteiger partial charge on any atom is 0.312 e. The van der Waals surface area contributed by atoms with Gasteiger partial charge in [-0.25, -0.2) is 8.42 Å². The van der Waals surface area contributed by atoms with E-state index in [-0.39, 0.29) is 21.3 Å². The molecule has 1 amide bonds. The number of halogens is 2. The van der Waals surface area contributed by atoms with Gasteiger partial charge in [-0.2, -0.15) is 0 Å². The van der Waals surface area contributed by atoms with Gasteiger partial charge in [-0.05, 0) is 53.6 Å². The summed E-state index contributed by atoms with van der Waals surface area (Å²) < 4.78 is 32.4. The van der Waals surface area contributed by atoms with Crippen LogP contribution >= 0.6 is 43.6 Å². The molecular formula is C24H16Br2N2O7S2. The number of nitrogens with one attached hydrogen (secondary N) is 1. The largest absolute Gasteiger partial charge is 0.419 e. The van der Waals surface area contributed by atoms with Crippen LogP contribution in [-0.2, 0) is 25.2 Å². The average Bonchev–Trinajstić information content (AvgIpc) is 2.82. The smallest absolute Gasteiger partial charge is 0.312 e. The second kappa shape index (κ2) is 10.8. The molecule has 1 aliphatic heterocycles. The van der Waals surface area contributed by atoms with E-state index in [9.17, 15) is 28.1 Å². The van der Waals surface area contributed by atoms with Crippen molar-refractivity contribution < 1.29 is 27.7 Å². The number of nitrogens with zero attached hydrogens (tertiary/aromatic N) is 1. The molecule has 0 saturated heterocycles. The van der Waals surface area contributed by atoms with E-state index in [4.69, 9.17) is 4.74 Å². The van der Waals surface area contributed by atoms with Gasteiger partial charge in [0.25, 0.3) is 5.91 Å². The van der Waals surface area contributed by atoms with Crippen LogP contribution in [0.5, 0.6) is 5.75 Å². The van der Waals surface area contributed by atoms with Gasteiger partial charge in [0, 0.05) is 26.8 Å². The standard InChI is InChI=1S/C24H16Br2N2O7S2/c1-13(29)35-21-7-5-14(9-20(21)28(31)32)10-23-24(30)27-19-11-15(6-8-22(19)36-23)37(33,34)12-16-17(25)3-2-4-18(16)26/h2-11H,12H2,1H3,(H,27,30)/b23-10-. The first-order valence-electron chi connectivity index (χ1n) is 10.4. The van der Waals surface area contributed by atoms with Crippen LogP contribution in [0, 0.1) is 10.1 Å². The number of nitro benzene ring substituents is 1. The molecule has 190 valence electrons. The Hall–Kier alpha value is -3.00. The van der Waals surface area contributed by atoms with Crippen LogP contribution in [-0.4, -0.2) is 25.2 Å². The number of amides is 1. The van der Waals surface area contributed by atoms with Crippen molar-refractivity contribution in [2.24, 2.45) is 0 Å². The molecule has 37 heavy (non-hydrogen) atoms. The molecule has 0 spiro atoms. The average molecular weight is 668 g/mol. The Morgan fingerprint density at radius 3 is 2.49 bits per heavy atom. The predicted molar refractivity (Wildman–Crippen MR) is 146 cm³/mol. The number of ether oxygens (including phenoxy) is 1. The number of benzene rings is 3. The number of fused-ring (bicyclic) bond motifs is 1. The number of sulfone groups is 1. The predicted octanol–water partition coefficient (Wildman–Crippen LogP) is 6.10. The number of esters is 1. The molecule has 4 rings (SSSR count). The third-order valence-electron chi connectivity index (χ3n) is 5.13. The Balaban J connectivity index is 1.61. The first-order valence-corrected chi connectivity index (χ1v) is 14.5. The maximum absolute atomic E-state index is 13.1. The lowest BCUT2D eigenvalue weighted by Crippen LogP contribution is -2.18. The van der Waals surface area contributed by atoms with Gasteiger partial charge >= 0.3 is 11.7 Å². The second-order valence-electron chi connectivity index (χ2n) is 7.76. The molecule has 0 fully saturated rings. The van der Waals surface area contributed by atoms with E-state index in [1.54, 1.807) is 24.3 Å². The maximum atomic E-state index is 13.1. The normalized spacial score (nSPS) is 14.1. The number of anilines is 1. The van der Waals surface area contributed by atoms with Gasteiger partial charge in [0.1, 0.15) is 0 Å². The molecule has 1 N–H and O–H groups in total. The fourth-order valence-corrected chi connectivity index (χ4v) is 7.45. The molecule has 0 unspecified atom stereocenters. The first kappa shape index (κ1) is 27.0. The van der Waals surface area contributed by atoms with Crippen LogP contribution < -0.4 is 10.1 Å². The first-order chi connectivity index (χ1) is 17.4. The summed E-state index contributed by atoms with van der Waals surface area (Å²) in [4.78, 5) is 35.6. The van der Waals surface area contributed by atoms with Crippen molar-refractivity contribution in [1.29, 1.82) is 0 Å². The highest BCUT2D eigenvalue weighted by Crippen LogP contribution is 2.41. The van der Waals surface area contributed by atoms with E-state index in [1.165, 1.54) is 36.4 Å². The Kier molecular flexibility index (Phi) is 7.88. The van der Waals surface area contributed by atoms with Crippen molar-refractivity contribution in [2.75, 3.05) is 5.32 Å². The van der Waals surface area contributed by atoms with E-state index in [2.05, 4.69) is 37.2 Å². The number of rotatable bonds is 6.